The molecule has 2 heteroatoms. The van der Waals surface area contributed by atoms with E-state index < -0.39 is 0 Å². The van der Waals surface area contributed by atoms with Gasteiger partial charge in [0.1, 0.15) is 6.04 Å². The number of benzene rings is 1. The molecule has 0 amide bonds. The third-order valence-electron chi connectivity index (χ3n) is 5.42. The fraction of sp³-hybridized carbons (Fsp3) is 0.727. The molecule has 140 valence electrons. The molecule has 0 N–H and O–H groups in total. The summed E-state index contributed by atoms with van der Waals surface area (Å²) in [5.41, 5.74) is 1.46. The van der Waals surface area contributed by atoms with Crippen LogP contribution in [-0.2, 0) is 0 Å². The molecular formula is C22H40BrN. The molecular weight excluding hydrogens is 358 g/mol. The summed E-state index contributed by atoms with van der Waals surface area (Å²) in [6.45, 7) is 5.94. The smallest absolute Gasteiger partial charge is 0.111 e. The van der Waals surface area contributed by atoms with Gasteiger partial charge in [0.05, 0.1) is 20.6 Å². The maximum absolute atomic E-state index is 2.38. The first-order valence-corrected chi connectivity index (χ1v) is 9.95. The van der Waals surface area contributed by atoms with Gasteiger partial charge in [0.15, 0.2) is 0 Å². The van der Waals surface area contributed by atoms with Gasteiger partial charge in [0.25, 0.3) is 0 Å². The molecule has 24 heavy (non-hydrogen) atoms. The first-order chi connectivity index (χ1) is 11.1. The minimum Gasteiger partial charge on any atom is -1.00 e. The van der Waals surface area contributed by atoms with Gasteiger partial charge in [-0.25, -0.2) is 0 Å². The standard InChI is InChI=1S/C22H40N.BrH/c1-5-6-7-8-9-10-11-12-13-17-20-23(3,4)21(2)22-18-15-14-16-19-22;/h14-16,18-19,21H,5-13,17,20H2,1-4H3;1H/q+1;/p-1. The molecule has 1 atom stereocenters. The summed E-state index contributed by atoms with van der Waals surface area (Å²) in [7, 11) is 4.76. The number of unbranched alkanes of at least 4 members (excludes halogenated alkanes) is 9. The molecule has 1 unspecified atom stereocenters. The fourth-order valence-corrected chi connectivity index (χ4v) is 3.34. The van der Waals surface area contributed by atoms with E-state index in [1.807, 2.05) is 0 Å². The van der Waals surface area contributed by atoms with Crippen LogP contribution < -0.4 is 17.0 Å². The van der Waals surface area contributed by atoms with E-state index in [1.54, 1.807) is 0 Å². The van der Waals surface area contributed by atoms with Crippen molar-refractivity contribution in [3.05, 3.63) is 35.9 Å². The molecule has 0 radical (unpaired) electrons. The highest BCUT2D eigenvalue weighted by Gasteiger charge is 2.24. The monoisotopic (exact) mass is 397 g/mol. The van der Waals surface area contributed by atoms with Crippen LogP contribution in [-0.4, -0.2) is 25.1 Å². The number of hydrogen-bond acceptors (Lipinski definition) is 0. The molecule has 0 heterocycles. The van der Waals surface area contributed by atoms with Gasteiger partial charge >= 0.3 is 0 Å². The molecule has 0 aliphatic carbocycles. The zero-order valence-electron chi connectivity index (χ0n) is 16.6. The summed E-state index contributed by atoms with van der Waals surface area (Å²) in [6.07, 6.45) is 14.2. The second kappa shape index (κ2) is 13.9. The van der Waals surface area contributed by atoms with Gasteiger partial charge in [-0.1, -0.05) is 88.6 Å². The number of rotatable bonds is 13. The van der Waals surface area contributed by atoms with Gasteiger partial charge in [0.2, 0.25) is 0 Å². The second-order valence-corrected chi connectivity index (χ2v) is 7.77. The van der Waals surface area contributed by atoms with Crippen LogP contribution in [0.25, 0.3) is 0 Å². The van der Waals surface area contributed by atoms with Gasteiger partial charge in [-0.3, -0.25) is 0 Å². The fourth-order valence-electron chi connectivity index (χ4n) is 3.34. The normalized spacial score (nSPS) is 12.7. The molecule has 0 fully saturated rings. The molecule has 1 aromatic rings. The lowest BCUT2D eigenvalue weighted by molar-refractivity contribution is -0.919. The predicted octanol–water partition coefficient (Wildman–Crippen LogP) is 3.75. The molecule has 1 nitrogen and oxygen atoms in total. The Bertz CT molecular complexity index is 388. The van der Waals surface area contributed by atoms with Crippen LogP contribution >= 0.6 is 0 Å². The lowest BCUT2D eigenvalue weighted by Gasteiger charge is -2.36. The first kappa shape index (κ1) is 23.7. The van der Waals surface area contributed by atoms with E-state index in [0.29, 0.717) is 6.04 Å². The van der Waals surface area contributed by atoms with Crippen molar-refractivity contribution in [2.75, 3.05) is 20.6 Å². The number of halogens is 1. The highest BCUT2D eigenvalue weighted by molar-refractivity contribution is 5.16. The Morgan fingerprint density at radius 2 is 1.21 bits per heavy atom. The zero-order chi connectivity index (χ0) is 17.0. The number of hydrogen-bond donors (Lipinski definition) is 0. The van der Waals surface area contributed by atoms with Crippen molar-refractivity contribution in [2.45, 2.75) is 84.1 Å². The summed E-state index contributed by atoms with van der Waals surface area (Å²) >= 11 is 0. The lowest BCUT2D eigenvalue weighted by Crippen LogP contribution is -3.00. The van der Waals surface area contributed by atoms with Crippen molar-refractivity contribution in [3.63, 3.8) is 0 Å². The largest absolute Gasteiger partial charge is 1.00 e. The van der Waals surface area contributed by atoms with Gasteiger partial charge in [-0.05, 0) is 19.8 Å². The first-order valence-electron chi connectivity index (χ1n) is 9.95. The number of quaternary nitrogens is 1. The van der Waals surface area contributed by atoms with Crippen LogP contribution in [0.2, 0.25) is 0 Å². The minimum absolute atomic E-state index is 0. The highest BCUT2D eigenvalue weighted by Crippen LogP contribution is 2.25. The molecule has 1 rings (SSSR count). The zero-order valence-corrected chi connectivity index (χ0v) is 18.2. The lowest BCUT2D eigenvalue weighted by atomic mass is 10.0. The van der Waals surface area contributed by atoms with E-state index >= 15 is 0 Å². The van der Waals surface area contributed by atoms with E-state index in [9.17, 15) is 0 Å². The van der Waals surface area contributed by atoms with Crippen molar-refractivity contribution < 1.29 is 21.5 Å². The molecule has 0 bridgehead atoms. The molecule has 0 saturated carbocycles. The van der Waals surface area contributed by atoms with Crippen molar-refractivity contribution in [1.82, 2.24) is 0 Å². The average Bonchev–Trinajstić information content (AvgIpc) is 2.56. The van der Waals surface area contributed by atoms with E-state index in [4.69, 9.17) is 0 Å². The third-order valence-corrected chi connectivity index (χ3v) is 5.42. The van der Waals surface area contributed by atoms with Crippen LogP contribution in [0.1, 0.15) is 89.7 Å². The Labute approximate surface area is 162 Å². The quantitative estimate of drug-likeness (QED) is 0.351. The molecule has 0 saturated heterocycles. The summed E-state index contributed by atoms with van der Waals surface area (Å²) in [5, 5.41) is 0. The SMILES string of the molecule is CCCCCCCCCCCC[N+](C)(C)C(C)c1ccccc1.[Br-]. The van der Waals surface area contributed by atoms with E-state index in [0.717, 1.165) is 4.48 Å². The van der Waals surface area contributed by atoms with Crippen molar-refractivity contribution >= 4 is 0 Å². The summed E-state index contributed by atoms with van der Waals surface area (Å²) in [4.78, 5) is 0. The molecule has 0 spiro atoms. The molecule has 0 aliphatic heterocycles. The Balaban J connectivity index is 0.00000529. The van der Waals surface area contributed by atoms with Crippen LogP contribution in [0.15, 0.2) is 30.3 Å². The Kier molecular flexibility index (Phi) is 13.7. The maximum Gasteiger partial charge on any atom is 0.111 e. The highest BCUT2D eigenvalue weighted by atomic mass is 79.9. The van der Waals surface area contributed by atoms with E-state index in [2.05, 4.69) is 58.3 Å². The number of nitrogens with zero attached hydrogens (tertiary/aromatic N) is 1. The van der Waals surface area contributed by atoms with Crippen LogP contribution in [0.4, 0.5) is 0 Å². The van der Waals surface area contributed by atoms with Gasteiger partial charge in [-0.15, -0.1) is 0 Å². The molecule has 0 aromatic heterocycles. The van der Waals surface area contributed by atoms with Crippen LogP contribution in [0, 0.1) is 0 Å². The summed E-state index contributed by atoms with van der Waals surface area (Å²) < 4.78 is 1.10. The molecule has 1 aromatic carbocycles. The summed E-state index contributed by atoms with van der Waals surface area (Å²) in [5.74, 6) is 0. The molecule has 0 aliphatic rings. The average molecular weight is 398 g/mol. The Morgan fingerprint density at radius 3 is 1.71 bits per heavy atom. The van der Waals surface area contributed by atoms with Gasteiger partial charge in [0, 0.05) is 5.56 Å². The van der Waals surface area contributed by atoms with Crippen molar-refractivity contribution in [3.8, 4) is 0 Å². The topological polar surface area (TPSA) is 0 Å². The third kappa shape index (κ3) is 9.84. The Hall–Kier alpha value is -0.340. The minimum atomic E-state index is 0. The Morgan fingerprint density at radius 1 is 0.750 bits per heavy atom. The van der Waals surface area contributed by atoms with Crippen LogP contribution in [0.5, 0.6) is 0 Å². The van der Waals surface area contributed by atoms with Crippen molar-refractivity contribution in [2.24, 2.45) is 0 Å². The van der Waals surface area contributed by atoms with E-state index in [1.165, 1.54) is 76.3 Å². The summed E-state index contributed by atoms with van der Waals surface area (Å²) in [6, 6.07) is 11.5. The van der Waals surface area contributed by atoms with Gasteiger partial charge in [-0.2, -0.15) is 0 Å². The second-order valence-electron chi connectivity index (χ2n) is 7.77. The predicted molar refractivity (Wildman–Crippen MR) is 104 cm³/mol. The van der Waals surface area contributed by atoms with Crippen molar-refractivity contribution in [1.29, 1.82) is 0 Å². The van der Waals surface area contributed by atoms with Crippen LogP contribution in [0.3, 0.4) is 0 Å². The van der Waals surface area contributed by atoms with E-state index in [-0.39, 0.29) is 17.0 Å². The van der Waals surface area contributed by atoms with Gasteiger partial charge < -0.3 is 21.5 Å². The maximum atomic E-state index is 2.38.